The summed E-state index contributed by atoms with van der Waals surface area (Å²) in [6, 6.07) is 21.0. The number of benzene rings is 2. The van der Waals surface area contributed by atoms with Crippen molar-refractivity contribution in [2.75, 3.05) is 16.2 Å². The van der Waals surface area contributed by atoms with E-state index in [1.165, 1.54) is 11.4 Å². The zero-order valence-corrected chi connectivity index (χ0v) is 12.5. The van der Waals surface area contributed by atoms with Gasteiger partial charge in [-0.3, -0.25) is 5.01 Å². The first-order valence-electron chi connectivity index (χ1n) is 6.78. The number of hydrogen-bond acceptors (Lipinski definition) is 4. The van der Waals surface area contributed by atoms with Gasteiger partial charge in [-0.1, -0.05) is 36.4 Å². The van der Waals surface area contributed by atoms with Crippen LogP contribution >= 0.6 is 11.8 Å². The molecule has 2 atom stereocenters. The van der Waals surface area contributed by atoms with Gasteiger partial charge in [-0.2, -0.15) is 0 Å². The fourth-order valence-corrected chi connectivity index (χ4v) is 3.35. The molecule has 2 aromatic rings. The van der Waals surface area contributed by atoms with Gasteiger partial charge in [0.15, 0.2) is 0 Å². The molecule has 104 valence electrons. The lowest BCUT2D eigenvalue weighted by Gasteiger charge is -2.29. The van der Waals surface area contributed by atoms with E-state index in [9.17, 15) is 0 Å². The van der Waals surface area contributed by atoms with Crippen LogP contribution in [0.4, 0.5) is 11.4 Å². The van der Waals surface area contributed by atoms with E-state index in [1.807, 2.05) is 17.8 Å². The number of nitrogens with one attached hydrogen (secondary N) is 1. The lowest BCUT2D eigenvalue weighted by atomic mass is 10.2. The number of hydrogen-bond donors (Lipinski definition) is 1. The fourth-order valence-electron chi connectivity index (χ4n) is 2.61. The molecule has 0 spiro atoms. The van der Waals surface area contributed by atoms with Crippen molar-refractivity contribution in [1.82, 2.24) is 5.43 Å². The van der Waals surface area contributed by atoms with Crippen LogP contribution in [-0.4, -0.2) is 17.9 Å². The van der Waals surface area contributed by atoms with Gasteiger partial charge in [0.05, 0.1) is 5.69 Å². The van der Waals surface area contributed by atoms with Crippen molar-refractivity contribution >= 4 is 23.1 Å². The molecule has 1 fully saturated rings. The maximum absolute atomic E-state index is 3.58. The summed E-state index contributed by atoms with van der Waals surface area (Å²) >= 11 is 1.81. The highest BCUT2D eigenvalue weighted by Crippen LogP contribution is 2.31. The summed E-state index contributed by atoms with van der Waals surface area (Å²) in [6.45, 7) is 2.23. The van der Waals surface area contributed by atoms with Crippen LogP contribution < -0.4 is 15.3 Å². The zero-order chi connectivity index (χ0) is 13.9. The molecule has 1 aliphatic heterocycles. The summed E-state index contributed by atoms with van der Waals surface area (Å²) in [4.78, 5) is 2.40. The Morgan fingerprint density at radius 3 is 2.00 bits per heavy atom. The molecule has 4 heteroatoms. The van der Waals surface area contributed by atoms with Gasteiger partial charge >= 0.3 is 0 Å². The molecular formula is C16H19N3S. The molecule has 0 amide bonds. The summed E-state index contributed by atoms with van der Waals surface area (Å²) < 4.78 is 0. The lowest BCUT2D eigenvalue weighted by molar-refractivity contribution is 0.692. The van der Waals surface area contributed by atoms with Crippen molar-refractivity contribution in [3.63, 3.8) is 0 Å². The molecule has 3 nitrogen and oxygen atoms in total. The van der Waals surface area contributed by atoms with E-state index in [2.05, 4.69) is 83.1 Å². The van der Waals surface area contributed by atoms with Gasteiger partial charge < -0.3 is 4.90 Å². The molecule has 0 aromatic heterocycles. The highest BCUT2D eigenvalue weighted by Gasteiger charge is 2.36. The Kier molecular flexibility index (Phi) is 3.85. The third kappa shape index (κ3) is 2.37. The third-order valence-electron chi connectivity index (χ3n) is 3.59. The average Bonchev–Trinajstić information content (AvgIpc) is 2.86. The van der Waals surface area contributed by atoms with Crippen LogP contribution in [0.2, 0.25) is 0 Å². The molecule has 1 N–H and O–H groups in total. The first-order chi connectivity index (χ1) is 9.81. The molecule has 1 heterocycles. The second-order valence-electron chi connectivity index (χ2n) is 4.80. The number of thioether (sulfide) groups is 1. The largest absolute Gasteiger partial charge is 0.324 e. The lowest BCUT2D eigenvalue weighted by Crippen LogP contribution is -2.38. The van der Waals surface area contributed by atoms with E-state index < -0.39 is 0 Å². The molecule has 2 aromatic carbocycles. The Labute approximate surface area is 124 Å². The molecular weight excluding hydrogens is 266 g/mol. The minimum atomic E-state index is 0.243. The Morgan fingerprint density at radius 1 is 0.900 bits per heavy atom. The Morgan fingerprint density at radius 2 is 1.45 bits per heavy atom. The van der Waals surface area contributed by atoms with Crippen molar-refractivity contribution in [1.29, 1.82) is 0 Å². The second kappa shape index (κ2) is 5.77. The van der Waals surface area contributed by atoms with Gasteiger partial charge in [0.25, 0.3) is 0 Å². The van der Waals surface area contributed by atoms with Gasteiger partial charge in [0.1, 0.15) is 11.7 Å². The highest BCUT2D eigenvalue weighted by molar-refractivity contribution is 7.99. The summed E-state index contributed by atoms with van der Waals surface area (Å²) in [5.74, 6) is 0. The number of para-hydroxylation sites is 2. The summed E-state index contributed by atoms with van der Waals surface area (Å²) in [6.07, 6.45) is 2.40. The fraction of sp³-hybridized carbons (Fsp3) is 0.250. The van der Waals surface area contributed by atoms with Crippen LogP contribution in [0.15, 0.2) is 60.7 Å². The Bertz CT molecular complexity index is 546. The first kappa shape index (κ1) is 13.3. The van der Waals surface area contributed by atoms with Crippen molar-refractivity contribution in [2.24, 2.45) is 0 Å². The van der Waals surface area contributed by atoms with E-state index in [-0.39, 0.29) is 11.7 Å². The van der Waals surface area contributed by atoms with Gasteiger partial charge in [0, 0.05) is 5.69 Å². The third-order valence-corrected chi connectivity index (χ3v) is 4.37. The molecule has 0 radical (unpaired) electrons. The minimum Gasteiger partial charge on any atom is -0.324 e. The van der Waals surface area contributed by atoms with E-state index in [0.717, 1.165) is 0 Å². The molecule has 1 aliphatic rings. The predicted molar refractivity (Wildman–Crippen MR) is 87.7 cm³/mol. The van der Waals surface area contributed by atoms with Gasteiger partial charge in [-0.15, -0.1) is 11.8 Å². The van der Waals surface area contributed by atoms with Crippen LogP contribution in [0.5, 0.6) is 0 Å². The van der Waals surface area contributed by atoms with Crippen molar-refractivity contribution in [3.8, 4) is 0 Å². The van der Waals surface area contributed by atoms with Gasteiger partial charge in [0.2, 0.25) is 0 Å². The van der Waals surface area contributed by atoms with E-state index >= 15 is 0 Å². The zero-order valence-electron chi connectivity index (χ0n) is 11.7. The quantitative estimate of drug-likeness (QED) is 0.930. The van der Waals surface area contributed by atoms with Crippen LogP contribution in [0, 0.1) is 0 Å². The SMILES string of the molecule is CS[C@H]1NN(c2ccccc2)[C@@H](C)N1c1ccccc1. The smallest absolute Gasteiger partial charge is 0.146 e. The molecule has 0 saturated carbocycles. The standard InChI is InChI=1S/C16H19N3S/c1-13-18(14-9-5-3-6-10-14)16(20-2)17-19(13)15-11-7-4-8-12-15/h3-13,16-17H,1-2H3/t13-,16-/m0/s1. The normalized spacial score (nSPS) is 22.3. The molecule has 20 heavy (non-hydrogen) atoms. The van der Waals surface area contributed by atoms with Crippen LogP contribution in [-0.2, 0) is 0 Å². The van der Waals surface area contributed by atoms with E-state index in [1.54, 1.807) is 0 Å². The maximum Gasteiger partial charge on any atom is 0.146 e. The highest BCUT2D eigenvalue weighted by atomic mass is 32.2. The van der Waals surface area contributed by atoms with Gasteiger partial charge in [-0.25, -0.2) is 5.43 Å². The van der Waals surface area contributed by atoms with Crippen molar-refractivity contribution in [3.05, 3.63) is 60.7 Å². The Balaban J connectivity index is 1.92. The molecule has 0 bridgehead atoms. The molecule has 1 saturated heterocycles. The Hall–Kier alpha value is -1.65. The van der Waals surface area contributed by atoms with Crippen LogP contribution in [0.25, 0.3) is 0 Å². The van der Waals surface area contributed by atoms with E-state index in [4.69, 9.17) is 0 Å². The topological polar surface area (TPSA) is 18.5 Å². The number of anilines is 2. The monoisotopic (exact) mass is 285 g/mol. The molecule has 3 rings (SSSR count). The van der Waals surface area contributed by atoms with Crippen LogP contribution in [0.3, 0.4) is 0 Å². The predicted octanol–water partition coefficient (Wildman–Crippen LogP) is 3.51. The van der Waals surface area contributed by atoms with Crippen LogP contribution in [0.1, 0.15) is 6.92 Å². The van der Waals surface area contributed by atoms with E-state index in [0.29, 0.717) is 0 Å². The summed E-state index contributed by atoms with van der Waals surface area (Å²) in [5, 5.41) is 2.23. The second-order valence-corrected chi connectivity index (χ2v) is 5.72. The maximum atomic E-state index is 3.58. The first-order valence-corrected chi connectivity index (χ1v) is 8.06. The summed E-state index contributed by atoms with van der Waals surface area (Å²) in [7, 11) is 0. The average molecular weight is 285 g/mol. The van der Waals surface area contributed by atoms with Gasteiger partial charge in [-0.05, 0) is 37.4 Å². The molecule has 0 aliphatic carbocycles. The molecule has 0 unspecified atom stereocenters. The number of hydrazine groups is 1. The van der Waals surface area contributed by atoms with Crippen molar-refractivity contribution < 1.29 is 0 Å². The number of nitrogens with zero attached hydrogens (tertiary/aromatic N) is 2. The summed E-state index contributed by atoms with van der Waals surface area (Å²) in [5.41, 5.74) is 6.25. The number of rotatable bonds is 3. The minimum absolute atomic E-state index is 0.243. The van der Waals surface area contributed by atoms with Crippen molar-refractivity contribution in [2.45, 2.75) is 18.6 Å².